The van der Waals surface area contributed by atoms with Crippen molar-refractivity contribution in [2.45, 2.75) is 6.54 Å². The van der Waals surface area contributed by atoms with Gasteiger partial charge >= 0.3 is 0 Å². The highest BCUT2D eigenvalue weighted by atomic mass is 79.9. The number of imidazole rings is 2. The van der Waals surface area contributed by atoms with Gasteiger partial charge in [-0.2, -0.15) is 4.98 Å². The summed E-state index contributed by atoms with van der Waals surface area (Å²) in [6, 6.07) is 7.28. The summed E-state index contributed by atoms with van der Waals surface area (Å²) in [6.45, 7) is 0.219. The molecule has 7 nitrogen and oxygen atoms in total. The summed E-state index contributed by atoms with van der Waals surface area (Å²) >= 11 is 9.20. The standard InChI is InChI=1S/C15H11BrClN5O2/c16-14-19-11-12(21(14)5-6-23)20-15-18-10(7-22(15)13(11)24)8-1-3-9(17)4-2-8/h1-4,7,23H,5-6H2,(H,18,20). The van der Waals surface area contributed by atoms with Gasteiger partial charge in [0, 0.05) is 17.8 Å². The Balaban J connectivity index is 1.97. The van der Waals surface area contributed by atoms with Crippen LogP contribution in [0.15, 0.2) is 40.0 Å². The van der Waals surface area contributed by atoms with Crippen LogP contribution < -0.4 is 5.56 Å². The van der Waals surface area contributed by atoms with Crippen molar-refractivity contribution in [1.29, 1.82) is 0 Å². The van der Waals surface area contributed by atoms with Gasteiger partial charge in [-0.1, -0.05) is 23.7 Å². The summed E-state index contributed by atoms with van der Waals surface area (Å²) < 4.78 is 3.54. The first-order valence-corrected chi connectivity index (χ1v) is 8.29. The van der Waals surface area contributed by atoms with Crippen LogP contribution in [-0.4, -0.2) is 35.6 Å². The Labute approximate surface area is 148 Å². The number of rotatable bonds is 3. The molecule has 2 N–H and O–H groups in total. The second kappa shape index (κ2) is 5.73. The lowest BCUT2D eigenvalue weighted by molar-refractivity contribution is 0.276. The van der Waals surface area contributed by atoms with Crippen LogP contribution in [0.25, 0.3) is 28.2 Å². The van der Waals surface area contributed by atoms with E-state index in [2.05, 4.69) is 30.9 Å². The minimum atomic E-state index is -0.274. The van der Waals surface area contributed by atoms with Crippen LogP contribution in [0.3, 0.4) is 0 Å². The first kappa shape index (κ1) is 15.4. The molecule has 0 saturated carbocycles. The van der Waals surface area contributed by atoms with E-state index in [-0.39, 0.29) is 17.7 Å². The summed E-state index contributed by atoms with van der Waals surface area (Å²) in [5.41, 5.74) is 2.03. The normalized spacial score (nSPS) is 11.6. The van der Waals surface area contributed by atoms with Crippen molar-refractivity contribution in [2.75, 3.05) is 6.61 Å². The van der Waals surface area contributed by atoms with Gasteiger partial charge in [0.25, 0.3) is 5.56 Å². The third kappa shape index (κ3) is 2.34. The molecular weight excluding hydrogens is 398 g/mol. The van der Waals surface area contributed by atoms with Crippen LogP contribution in [0.2, 0.25) is 5.02 Å². The average Bonchev–Trinajstić information content (AvgIpc) is 3.12. The molecule has 122 valence electrons. The number of benzene rings is 1. The summed E-state index contributed by atoms with van der Waals surface area (Å²) in [4.78, 5) is 24.5. The highest BCUT2D eigenvalue weighted by Crippen LogP contribution is 2.22. The lowest BCUT2D eigenvalue weighted by atomic mass is 10.2. The fraction of sp³-hybridized carbons (Fsp3) is 0.133. The summed E-state index contributed by atoms with van der Waals surface area (Å²) in [5, 5.41) is 9.82. The monoisotopic (exact) mass is 407 g/mol. The number of hydrogen-bond acceptors (Lipinski definition) is 4. The fourth-order valence-electron chi connectivity index (χ4n) is 2.60. The van der Waals surface area contributed by atoms with Gasteiger partial charge in [-0.15, -0.1) is 0 Å². The molecule has 0 radical (unpaired) electrons. The van der Waals surface area contributed by atoms with Crippen LogP contribution in [0.1, 0.15) is 0 Å². The Hall–Kier alpha value is -2.16. The molecule has 0 fully saturated rings. The third-order valence-electron chi connectivity index (χ3n) is 3.74. The largest absolute Gasteiger partial charge is 0.395 e. The van der Waals surface area contributed by atoms with Gasteiger partial charge in [-0.25, -0.2) is 9.38 Å². The molecule has 0 spiro atoms. The van der Waals surface area contributed by atoms with Crippen molar-refractivity contribution in [2.24, 2.45) is 0 Å². The molecular formula is C15H11BrClN5O2. The maximum Gasteiger partial charge on any atom is 0.287 e. The Bertz CT molecular complexity index is 1110. The van der Waals surface area contributed by atoms with Crippen molar-refractivity contribution in [3.05, 3.63) is 50.6 Å². The maximum atomic E-state index is 12.7. The van der Waals surface area contributed by atoms with Crippen LogP contribution in [0.4, 0.5) is 0 Å². The van der Waals surface area contributed by atoms with E-state index in [0.29, 0.717) is 27.7 Å². The van der Waals surface area contributed by atoms with Gasteiger partial charge in [0.2, 0.25) is 5.78 Å². The van der Waals surface area contributed by atoms with E-state index in [1.54, 1.807) is 22.9 Å². The van der Waals surface area contributed by atoms with Gasteiger partial charge in [0.15, 0.2) is 15.9 Å². The van der Waals surface area contributed by atoms with E-state index in [1.165, 1.54) is 4.40 Å². The third-order valence-corrected chi connectivity index (χ3v) is 4.60. The molecule has 0 atom stereocenters. The van der Waals surface area contributed by atoms with Crippen molar-refractivity contribution in [1.82, 2.24) is 23.9 Å². The molecule has 0 aliphatic rings. The van der Waals surface area contributed by atoms with Crippen molar-refractivity contribution in [3.63, 3.8) is 0 Å². The average molecular weight is 409 g/mol. The lowest BCUT2D eigenvalue weighted by Gasteiger charge is -2.01. The number of aliphatic hydroxyl groups is 1. The van der Waals surface area contributed by atoms with E-state index >= 15 is 0 Å². The summed E-state index contributed by atoms with van der Waals surface area (Å²) in [5.74, 6) is 0.407. The smallest absolute Gasteiger partial charge is 0.287 e. The zero-order valence-electron chi connectivity index (χ0n) is 12.2. The minimum Gasteiger partial charge on any atom is -0.395 e. The molecule has 3 aromatic heterocycles. The molecule has 9 heteroatoms. The van der Waals surface area contributed by atoms with Crippen LogP contribution in [0, 0.1) is 0 Å². The van der Waals surface area contributed by atoms with Crippen LogP contribution >= 0.6 is 27.5 Å². The van der Waals surface area contributed by atoms with Gasteiger partial charge in [-0.05, 0) is 33.6 Å². The molecule has 0 saturated heterocycles. The Morgan fingerprint density at radius 2 is 2.00 bits per heavy atom. The number of H-pyrrole nitrogens is 1. The van der Waals surface area contributed by atoms with Gasteiger partial charge in [0.1, 0.15) is 0 Å². The van der Waals surface area contributed by atoms with Crippen LogP contribution in [0.5, 0.6) is 0 Å². The van der Waals surface area contributed by atoms with Crippen molar-refractivity contribution >= 4 is 44.5 Å². The molecule has 3 heterocycles. The van der Waals surface area contributed by atoms with Gasteiger partial charge in [0.05, 0.1) is 12.3 Å². The summed E-state index contributed by atoms with van der Waals surface area (Å²) in [7, 11) is 0. The quantitative estimate of drug-likeness (QED) is 0.510. The Morgan fingerprint density at radius 1 is 1.25 bits per heavy atom. The Morgan fingerprint density at radius 3 is 2.71 bits per heavy atom. The van der Waals surface area contributed by atoms with E-state index in [1.807, 2.05) is 12.1 Å². The molecule has 4 aromatic rings. The maximum absolute atomic E-state index is 12.7. The predicted octanol–water partition coefficient (Wildman–Crippen LogP) is 2.45. The number of nitrogens with one attached hydrogen (secondary N) is 1. The molecule has 24 heavy (non-hydrogen) atoms. The molecule has 0 unspecified atom stereocenters. The number of aromatic nitrogens is 5. The second-order valence-corrected chi connectivity index (χ2v) is 6.36. The SMILES string of the molecule is O=c1c2nc(Br)n(CCO)c2nc2[nH]c(-c3ccc(Cl)cc3)cn12. The van der Waals surface area contributed by atoms with Gasteiger partial charge in [-0.3, -0.25) is 4.79 Å². The zero-order valence-corrected chi connectivity index (χ0v) is 14.5. The number of fused-ring (bicyclic) bond motifs is 2. The van der Waals surface area contributed by atoms with E-state index < -0.39 is 0 Å². The molecule has 0 bridgehead atoms. The first-order valence-electron chi connectivity index (χ1n) is 7.12. The predicted molar refractivity (Wildman–Crippen MR) is 94.3 cm³/mol. The van der Waals surface area contributed by atoms with E-state index in [9.17, 15) is 9.90 Å². The van der Waals surface area contributed by atoms with E-state index in [4.69, 9.17) is 11.6 Å². The molecule has 4 rings (SSSR count). The molecule has 1 aromatic carbocycles. The number of aromatic amines is 1. The number of hydrogen-bond donors (Lipinski definition) is 2. The number of nitrogens with zero attached hydrogens (tertiary/aromatic N) is 4. The van der Waals surface area contributed by atoms with Crippen molar-refractivity contribution in [3.8, 4) is 11.3 Å². The second-order valence-electron chi connectivity index (χ2n) is 5.21. The number of aliphatic hydroxyl groups excluding tert-OH is 1. The molecule has 0 amide bonds. The highest BCUT2D eigenvalue weighted by Gasteiger charge is 2.16. The summed E-state index contributed by atoms with van der Waals surface area (Å²) in [6.07, 6.45) is 1.69. The molecule has 0 aliphatic carbocycles. The van der Waals surface area contributed by atoms with Crippen LogP contribution in [-0.2, 0) is 6.54 Å². The topological polar surface area (TPSA) is 88.2 Å². The van der Waals surface area contributed by atoms with Gasteiger partial charge < -0.3 is 14.7 Å². The first-order chi connectivity index (χ1) is 11.6. The lowest BCUT2D eigenvalue weighted by Crippen LogP contribution is -2.14. The van der Waals surface area contributed by atoms with Crippen molar-refractivity contribution < 1.29 is 5.11 Å². The van der Waals surface area contributed by atoms with E-state index in [0.717, 1.165) is 11.3 Å². The zero-order chi connectivity index (χ0) is 16.8. The highest BCUT2D eigenvalue weighted by molar-refractivity contribution is 9.10. The fourth-order valence-corrected chi connectivity index (χ4v) is 3.25. The molecule has 0 aliphatic heterocycles. The Kier molecular flexibility index (Phi) is 3.67. The minimum absolute atomic E-state index is 0.0775. The number of halogens is 2.